The summed E-state index contributed by atoms with van der Waals surface area (Å²) < 4.78 is 0. The van der Waals surface area contributed by atoms with Gasteiger partial charge in [0, 0.05) is 6.04 Å². The fourth-order valence-electron chi connectivity index (χ4n) is 3.84. The van der Waals surface area contributed by atoms with Crippen LogP contribution in [0.4, 0.5) is 0 Å². The van der Waals surface area contributed by atoms with Gasteiger partial charge in [-0.15, -0.1) is 0 Å². The third kappa shape index (κ3) is 3.09. The highest BCUT2D eigenvalue weighted by Crippen LogP contribution is 2.41. The van der Waals surface area contributed by atoms with Crippen molar-refractivity contribution in [1.29, 1.82) is 0 Å². The Morgan fingerprint density at radius 3 is 2.19 bits per heavy atom. The van der Waals surface area contributed by atoms with Gasteiger partial charge in [-0.25, -0.2) is 0 Å². The van der Waals surface area contributed by atoms with Gasteiger partial charge in [-0.2, -0.15) is 0 Å². The molecule has 0 aromatic rings. The van der Waals surface area contributed by atoms with Crippen molar-refractivity contribution in [2.75, 3.05) is 0 Å². The zero-order valence-corrected chi connectivity index (χ0v) is 14.3. The number of carbonyl (C=O) groups is 2. The van der Waals surface area contributed by atoms with Crippen molar-refractivity contribution in [3.63, 3.8) is 0 Å². The topological polar surface area (TPSA) is 49.4 Å². The number of hydrogen-bond acceptors (Lipinski definition) is 2. The summed E-state index contributed by atoms with van der Waals surface area (Å²) in [4.78, 5) is 27.4. The van der Waals surface area contributed by atoms with Crippen LogP contribution in [-0.4, -0.2) is 34.8 Å². The zero-order chi connectivity index (χ0) is 15.9. The minimum atomic E-state index is -0.365. The van der Waals surface area contributed by atoms with E-state index in [9.17, 15) is 9.59 Å². The quantitative estimate of drug-likeness (QED) is 0.869. The third-order valence-corrected chi connectivity index (χ3v) is 5.02. The number of hydrogen-bond donors (Lipinski definition) is 1. The van der Waals surface area contributed by atoms with E-state index in [1.165, 1.54) is 0 Å². The molecule has 1 heterocycles. The molecule has 4 nitrogen and oxygen atoms in total. The van der Waals surface area contributed by atoms with Crippen molar-refractivity contribution in [3.05, 3.63) is 0 Å². The molecule has 1 N–H and O–H groups in total. The molecule has 2 amide bonds. The average molecular weight is 294 g/mol. The van der Waals surface area contributed by atoms with E-state index in [-0.39, 0.29) is 47.2 Å². The minimum Gasteiger partial charge on any atom is -0.342 e. The first-order valence-corrected chi connectivity index (χ1v) is 8.26. The summed E-state index contributed by atoms with van der Waals surface area (Å²) in [7, 11) is 0. The number of piperazine rings is 1. The van der Waals surface area contributed by atoms with Gasteiger partial charge in [-0.3, -0.25) is 9.59 Å². The maximum atomic E-state index is 12.9. The Balaban J connectivity index is 2.31. The summed E-state index contributed by atoms with van der Waals surface area (Å²) in [5.74, 6) is 0.413. The third-order valence-electron chi connectivity index (χ3n) is 5.02. The van der Waals surface area contributed by atoms with Crippen LogP contribution in [0.25, 0.3) is 0 Å². The maximum absolute atomic E-state index is 12.9. The molecular formula is C17H30N2O2. The molecule has 0 spiro atoms. The Bertz CT molecular complexity index is 429. The largest absolute Gasteiger partial charge is 0.342 e. The summed E-state index contributed by atoms with van der Waals surface area (Å²) in [6.07, 6.45) is 3.14. The smallest absolute Gasteiger partial charge is 0.246 e. The molecule has 3 atom stereocenters. The van der Waals surface area contributed by atoms with Crippen LogP contribution in [0.5, 0.6) is 0 Å². The van der Waals surface area contributed by atoms with E-state index >= 15 is 0 Å². The molecule has 3 unspecified atom stereocenters. The van der Waals surface area contributed by atoms with Gasteiger partial charge < -0.3 is 10.2 Å². The lowest BCUT2D eigenvalue weighted by atomic mass is 9.89. The van der Waals surface area contributed by atoms with Crippen LogP contribution in [0.3, 0.4) is 0 Å². The van der Waals surface area contributed by atoms with Crippen molar-refractivity contribution in [2.24, 2.45) is 17.3 Å². The minimum absolute atomic E-state index is 0.0213. The highest BCUT2D eigenvalue weighted by atomic mass is 16.2. The number of rotatable bonds is 3. The van der Waals surface area contributed by atoms with Crippen LogP contribution in [0.2, 0.25) is 0 Å². The normalized spacial score (nSPS) is 33.0. The molecule has 1 saturated carbocycles. The molecule has 1 aliphatic carbocycles. The fraction of sp³-hybridized carbons (Fsp3) is 0.882. The molecule has 4 heteroatoms. The Labute approximate surface area is 128 Å². The van der Waals surface area contributed by atoms with Crippen molar-refractivity contribution in [1.82, 2.24) is 10.2 Å². The van der Waals surface area contributed by atoms with E-state index in [1.807, 2.05) is 32.6 Å². The Kier molecular flexibility index (Phi) is 4.36. The molecule has 1 saturated heterocycles. The Morgan fingerprint density at radius 1 is 1.14 bits per heavy atom. The summed E-state index contributed by atoms with van der Waals surface area (Å²) in [6, 6.07) is -0.463. The second kappa shape index (κ2) is 5.62. The molecule has 2 aliphatic rings. The molecule has 0 aromatic carbocycles. The van der Waals surface area contributed by atoms with E-state index in [4.69, 9.17) is 0 Å². The number of amides is 2. The monoisotopic (exact) mass is 294 g/mol. The zero-order valence-electron chi connectivity index (χ0n) is 14.3. The molecule has 2 rings (SSSR count). The Morgan fingerprint density at radius 2 is 1.76 bits per heavy atom. The SMILES string of the molecule is CC(C)C1NC(=O)C(C(C)C)N(C2CCC(C)(C)C2)C1=O. The van der Waals surface area contributed by atoms with Crippen LogP contribution in [0, 0.1) is 17.3 Å². The van der Waals surface area contributed by atoms with E-state index in [0.29, 0.717) is 0 Å². The first-order chi connectivity index (χ1) is 9.64. The molecular weight excluding hydrogens is 264 g/mol. The molecule has 21 heavy (non-hydrogen) atoms. The fourth-order valence-corrected chi connectivity index (χ4v) is 3.84. The molecule has 0 radical (unpaired) electrons. The predicted octanol–water partition coefficient (Wildman–Crippen LogP) is 2.57. The molecule has 120 valence electrons. The van der Waals surface area contributed by atoms with Gasteiger partial charge >= 0.3 is 0 Å². The highest BCUT2D eigenvalue weighted by Gasteiger charge is 2.48. The van der Waals surface area contributed by atoms with Gasteiger partial charge in [0.25, 0.3) is 0 Å². The van der Waals surface area contributed by atoms with E-state index < -0.39 is 0 Å². The van der Waals surface area contributed by atoms with Crippen molar-refractivity contribution < 1.29 is 9.59 Å². The standard InChI is InChI=1S/C17H30N2O2/c1-10(2)13-16(21)19(12-7-8-17(5,6)9-12)14(11(3)4)15(20)18-13/h10-14H,7-9H2,1-6H3,(H,18,20). The lowest BCUT2D eigenvalue weighted by molar-refractivity contribution is -0.155. The highest BCUT2D eigenvalue weighted by molar-refractivity contribution is 5.97. The number of nitrogens with zero attached hydrogens (tertiary/aromatic N) is 1. The van der Waals surface area contributed by atoms with Gasteiger partial charge in [-0.1, -0.05) is 41.5 Å². The van der Waals surface area contributed by atoms with Crippen LogP contribution in [-0.2, 0) is 9.59 Å². The van der Waals surface area contributed by atoms with Gasteiger partial charge in [0.1, 0.15) is 12.1 Å². The summed E-state index contributed by atoms with van der Waals surface area (Å²) in [6.45, 7) is 12.6. The van der Waals surface area contributed by atoms with Crippen molar-refractivity contribution in [2.45, 2.75) is 78.9 Å². The van der Waals surface area contributed by atoms with Crippen LogP contribution >= 0.6 is 0 Å². The summed E-state index contributed by atoms with van der Waals surface area (Å²) in [5, 5.41) is 2.94. The lowest BCUT2D eigenvalue weighted by Crippen LogP contribution is -2.68. The lowest BCUT2D eigenvalue weighted by Gasteiger charge is -2.45. The van der Waals surface area contributed by atoms with Crippen LogP contribution in [0.1, 0.15) is 60.8 Å². The van der Waals surface area contributed by atoms with E-state index in [2.05, 4.69) is 19.2 Å². The Hall–Kier alpha value is -1.06. The molecule has 0 aromatic heterocycles. The number of carbonyl (C=O) groups excluding carboxylic acids is 2. The molecule has 2 fully saturated rings. The average Bonchev–Trinajstić information content (AvgIpc) is 2.70. The molecule has 0 bridgehead atoms. The van der Waals surface area contributed by atoms with Gasteiger partial charge in [0.2, 0.25) is 11.8 Å². The first kappa shape index (κ1) is 16.3. The maximum Gasteiger partial charge on any atom is 0.246 e. The van der Waals surface area contributed by atoms with Gasteiger partial charge in [-0.05, 0) is 36.5 Å². The first-order valence-electron chi connectivity index (χ1n) is 8.26. The second-order valence-corrected chi connectivity index (χ2v) is 8.23. The van der Waals surface area contributed by atoms with Crippen molar-refractivity contribution >= 4 is 11.8 Å². The predicted molar refractivity (Wildman–Crippen MR) is 83.7 cm³/mol. The van der Waals surface area contributed by atoms with E-state index in [1.54, 1.807) is 0 Å². The van der Waals surface area contributed by atoms with E-state index in [0.717, 1.165) is 19.3 Å². The van der Waals surface area contributed by atoms with Crippen molar-refractivity contribution in [3.8, 4) is 0 Å². The number of nitrogens with one attached hydrogen (secondary N) is 1. The van der Waals surface area contributed by atoms with Gasteiger partial charge in [0.05, 0.1) is 0 Å². The summed E-state index contributed by atoms with van der Waals surface area (Å²) >= 11 is 0. The summed E-state index contributed by atoms with van der Waals surface area (Å²) in [5.41, 5.74) is 0.272. The second-order valence-electron chi connectivity index (χ2n) is 8.23. The van der Waals surface area contributed by atoms with Crippen LogP contribution in [0.15, 0.2) is 0 Å². The van der Waals surface area contributed by atoms with Gasteiger partial charge in [0.15, 0.2) is 0 Å². The van der Waals surface area contributed by atoms with Crippen LogP contribution < -0.4 is 5.32 Å². The molecule has 1 aliphatic heterocycles.